The summed E-state index contributed by atoms with van der Waals surface area (Å²) >= 11 is 0. The molecule has 138 valence electrons. The van der Waals surface area contributed by atoms with E-state index in [1.165, 1.54) is 31.2 Å². The van der Waals surface area contributed by atoms with Crippen molar-refractivity contribution in [3.8, 4) is 0 Å². The van der Waals surface area contributed by atoms with E-state index in [0.29, 0.717) is 18.8 Å². The van der Waals surface area contributed by atoms with Crippen LogP contribution in [0.5, 0.6) is 0 Å². The number of carbonyl (C=O) groups is 1. The first-order chi connectivity index (χ1) is 12.7. The second-order valence-corrected chi connectivity index (χ2v) is 7.44. The van der Waals surface area contributed by atoms with Gasteiger partial charge in [0.2, 0.25) is 0 Å². The summed E-state index contributed by atoms with van der Waals surface area (Å²) in [6, 6.07) is 8.60. The standard InChI is InChI=1S/C20H26N4O2/c1-14-8-10-15(11-9-14)18-12-24-17(13-26-18)19(22-23-24)20(25)21-16-6-4-2-3-5-7-16/h8-11,16,18H,2-7,12-13H2,1H3,(H,21,25)/t18-/m0/s1. The van der Waals surface area contributed by atoms with Gasteiger partial charge in [0.15, 0.2) is 5.69 Å². The van der Waals surface area contributed by atoms with Crippen molar-refractivity contribution >= 4 is 5.91 Å². The molecule has 1 aromatic heterocycles. The summed E-state index contributed by atoms with van der Waals surface area (Å²) in [4.78, 5) is 12.7. The van der Waals surface area contributed by atoms with Gasteiger partial charge in [-0.1, -0.05) is 60.7 Å². The number of ether oxygens (including phenoxy) is 1. The van der Waals surface area contributed by atoms with Crippen LogP contribution in [0.25, 0.3) is 0 Å². The number of benzene rings is 1. The van der Waals surface area contributed by atoms with Crippen LogP contribution in [0.1, 0.15) is 71.9 Å². The summed E-state index contributed by atoms with van der Waals surface area (Å²) in [5.41, 5.74) is 3.54. The maximum atomic E-state index is 12.7. The molecule has 2 heterocycles. The van der Waals surface area contributed by atoms with Gasteiger partial charge < -0.3 is 10.1 Å². The molecule has 0 spiro atoms. The first kappa shape index (κ1) is 17.2. The normalized spacial score (nSPS) is 21.0. The third kappa shape index (κ3) is 3.65. The van der Waals surface area contributed by atoms with Crippen molar-refractivity contribution in [2.24, 2.45) is 0 Å². The molecule has 6 nitrogen and oxygen atoms in total. The first-order valence-corrected chi connectivity index (χ1v) is 9.62. The first-order valence-electron chi connectivity index (χ1n) is 9.62. The average Bonchev–Trinajstić information content (AvgIpc) is 2.91. The molecule has 1 aliphatic carbocycles. The minimum absolute atomic E-state index is 0.0532. The van der Waals surface area contributed by atoms with Gasteiger partial charge in [-0.05, 0) is 25.3 Å². The number of fused-ring (bicyclic) bond motifs is 1. The largest absolute Gasteiger partial charge is 0.365 e. The van der Waals surface area contributed by atoms with E-state index >= 15 is 0 Å². The zero-order valence-electron chi connectivity index (χ0n) is 15.3. The van der Waals surface area contributed by atoms with Crippen LogP contribution >= 0.6 is 0 Å². The summed E-state index contributed by atoms with van der Waals surface area (Å²) in [6.45, 7) is 3.02. The summed E-state index contributed by atoms with van der Waals surface area (Å²) in [5, 5.41) is 11.5. The molecule has 0 radical (unpaired) electrons. The van der Waals surface area contributed by atoms with E-state index in [1.807, 2.05) is 4.68 Å². The lowest BCUT2D eigenvalue weighted by molar-refractivity contribution is -0.00179. The Labute approximate surface area is 153 Å². The number of nitrogens with one attached hydrogen (secondary N) is 1. The van der Waals surface area contributed by atoms with E-state index in [9.17, 15) is 4.79 Å². The number of hydrogen-bond acceptors (Lipinski definition) is 4. The second-order valence-electron chi connectivity index (χ2n) is 7.44. The molecule has 1 amide bonds. The Morgan fingerprint density at radius 3 is 2.62 bits per heavy atom. The number of aromatic nitrogens is 3. The van der Waals surface area contributed by atoms with Crippen molar-refractivity contribution in [3.05, 3.63) is 46.8 Å². The quantitative estimate of drug-likeness (QED) is 0.859. The number of carbonyl (C=O) groups excluding carboxylic acids is 1. The van der Waals surface area contributed by atoms with Crippen molar-refractivity contribution in [1.82, 2.24) is 20.3 Å². The molecule has 1 aromatic carbocycles. The summed E-state index contributed by atoms with van der Waals surface area (Å²) < 4.78 is 7.82. The number of nitrogens with zero attached hydrogens (tertiary/aromatic N) is 3. The van der Waals surface area contributed by atoms with Crippen LogP contribution in [0.15, 0.2) is 24.3 Å². The number of hydrogen-bond donors (Lipinski definition) is 1. The molecule has 1 N–H and O–H groups in total. The number of rotatable bonds is 3. The molecule has 1 aliphatic heterocycles. The molecule has 0 unspecified atom stereocenters. The molecular weight excluding hydrogens is 328 g/mol. The molecule has 2 aromatic rings. The SMILES string of the molecule is Cc1ccc([C@@H]2Cn3nnc(C(=O)NC4CCCCCC4)c3CO2)cc1. The van der Waals surface area contributed by atoms with E-state index in [2.05, 4.69) is 46.8 Å². The van der Waals surface area contributed by atoms with Crippen LogP contribution in [0.2, 0.25) is 0 Å². The Balaban J connectivity index is 1.45. The van der Waals surface area contributed by atoms with Gasteiger partial charge in [-0.25, -0.2) is 4.68 Å². The monoisotopic (exact) mass is 354 g/mol. The Morgan fingerprint density at radius 2 is 1.88 bits per heavy atom. The van der Waals surface area contributed by atoms with Crippen molar-refractivity contribution < 1.29 is 9.53 Å². The van der Waals surface area contributed by atoms with E-state index in [-0.39, 0.29) is 18.1 Å². The van der Waals surface area contributed by atoms with Gasteiger partial charge in [-0.3, -0.25) is 4.79 Å². The molecule has 1 fully saturated rings. The maximum Gasteiger partial charge on any atom is 0.274 e. The van der Waals surface area contributed by atoms with Gasteiger partial charge in [0.25, 0.3) is 5.91 Å². The molecule has 0 bridgehead atoms. The molecule has 1 saturated carbocycles. The van der Waals surface area contributed by atoms with Gasteiger partial charge in [-0.15, -0.1) is 5.10 Å². The smallest absolute Gasteiger partial charge is 0.274 e. The lowest BCUT2D eigenvalue weighted by Crippen LogP contribution is -2.35. The molecule has 6 heteroatoms. The van der Waals surface area contributed by atoms with Crippen LogP contribution < -0.4 is 5.32 Å². The fourth-order valence-corrected chi connectivity index (χ4v) is 3.85. The van der Waals surface area contributed by atoms with Crippen LogP contribution in [0.3, 0.4) is 0 Å². The predicted molar refractivity (Wildman–Crippen MR) is 97.7 cm³/mol. The maximum absolute atomic E-state index is 12.7. The Morgan fingerprint density at radius 1 is 1.15 bits per heavy atom. The highest BCUT2D eigenvalue weighted by Gasteiger charge is 2.28. The minimum atomic E-state index is -0.115. The average molecular weight is 354 g/mol. The fourth-order valence-electron chi connectivity index (χ4n) is 3.85. The molecule has 4 rings (SSSR count). The molecule has 2 aliphatic rings. The second kappa shape index (κ2) is 7.58. The minimum Gasteiger partial charge on any atom is -0.365 e. The van der Waals surface area contributed by atoms with E-state index in [1.54, 1.807) is 0 Å². The van der Waals surface area contributed by atoms with Crippen LogP contribution in [-0.4, -0.2) is 26.9 Å². The Bertz CT molecular complexity index is 761. The van der Waals surface area contributed by atoms with Crippen LogP contribution in [0.4, 0.5) is 0 Å². The zero-order valence-corrected chi connectivity index (χ0v) is 15.3. The molecule has 0 saturated heterocycles. The molecule has 26 heavy (non-hydrogen) atoms. The Kier molecular flexibility index (Phi) is 5.02. The topological polar surface area (TPSA) is 69.0 Å². The fraction of sp³-hybridized carbons (Fsp3) is 0.550. The number of aryl methyl sites for hydroxylation is 1. The molecule has 1 atom stereocenters. The van der Waals surface area contributed by atoms with Crippen molar-refractivity contribution in [1.29, 1.82) is 0 Å². The summed E-state index contributed by atoms with van der Waals surface area (Å²) in [6.07, 6.45) is 6.96. The van der Waals surface area contributed by atoms with Gasteiger partial charge in [0.05, 0.1) is 18.8 Å². The zero-order chi connectivity index (χ0) is 17.9. The van der Waals surface area contributed by atoms with Crippen molar-refractivity contribution in [2.75, 3.05) is 0 Å². The lowest BCUT2D eigenvalue weighted by atomic mass is 10.1. The van der Waals surface area contributed by atoms with Crippen LogP contribution in [-0.2, 0) is 17.9 Å². The third-order valence-electron chi connectivity index (χ3n) is 5.45. The highest BCUT2D eigenvalue weighted by atomic mass is 16.5. The molecular formula is C20H26N4O2. The van der Waals surface area contributed by atoms with Gasteiger partial charge >= 0.3 is 0 Å². The highest BCUT2D eigenvalue weighted by molar-refractivity contribution is 5.93. The Hall–Kier alpha value is -2.21. The van der Waals surface area contributed by atoms with Gasteiger partial charge in [0, 0.05) is 6.04 Å². The van der Waals surface area contributed by atoms with Crippen molar-refractivity contribution in [2.45, 2.75) is 70.7 Å². The summed E-state index contributed by atoms with van der Waals surface area (Å²) in [5.74, 6) is -0.115. The van der Waals surface area contributed by atoms with Crippen LogP contribution in [0, 0.1) is 6.92 Å². The van der Waals surface area contributed by atoms with E-state index in [4.69, 9.17) is 4.74 Å². The predicted octanol–water partition coefficient (Wildman–Crippen LogP) is 3.31. The van der Waals surface area contributed by atoms with E-state index in [0.717, 1.165) is 24.1 Å². The van der Waals surface area contributed by atoms with Gasteiger partial charge in [0.1, 0.15) is 6.10 Å². The number of amides is 1. The lowest BCUT2D eigenvalue weighted by Gasteiger charge is -2.24. The van der Waals surface area contributed by atoms with Gasteiger partial charge in [-0.2, -0.15) is 0 Å². The highest BCUT2D eigenvalue weighted by Crippen LogP contribution is 2.27. The summed E-state index contributed by atoms with van der Waals surface area (Å²) in [7, 11) is 0. The third-order valence-corrected chi connectivity index (χ3v) is 5.45. The van der Waals surface area contributed by atoms with E-state index < -0.39 is 0 Å². The van der Waals surface area contributed by atoms with Crippen molar-refractivity contribution in [3.63, 3.8) is 0 Å².